The molecule has 0 N–H and O–H groups in total. The fraction of sp³-hybridized carbons (Fsp3) is 0.846. The molecule has 114 valence electrons. The molecule has 0 unspecified atom stereocenters. The van der Waals surface area contributed by atoms with Gasteiger partial charge >= 0.3 is 0 Å². The first-order chi connectivity index (χ1) is 9.56. The van der Waals surface area contributed by atoms with E-state index < -0.39 is 10.0 Å². The van der Waals surface area contributed by atoms with E-state index in [0.717, 1.165) is 37.9 Å². The Labute approximate surface area is 120 Å². The average Bonchev–Trinajstić information content (AvgIpc) is 2.94. The summed E-state index contributed by atoms with van der Waals surface area (Å²) in [6.07, 6.45) is 3.91. The molecule has 1 aromatic rings. The molecular formula is C13H23N3O3S. The zero-order valence-corrected chi connectivity index (χ0v) is 13.0. The number of rotatable bonds is 6. The highest BCUT2D eigenvalue weighted by molar-refractivity contribution is 7.89. The maximum atomic E-state index is 12.1. The van der Waals surface area contributed by atoms with Gasteiger partial charge in [0, 0.05) is 25.4 Å². The quantitative estimate of drug-likeness (QED) is 0.802. The zero-order chi connectivity index (χ0) is 14.6. The average molecular weight is 301 g/mol. The van der Waals surface area contributed by atoms with E-state index in [1.807, 2.05) is 13.8 Å². The molecule has 6 nitrogen and oxygen atoms in total. The van der Waals surface area contributed by atoms with E-state index in [-0.39, 0.29) is 11.7 Å². The molecule has 2 heterocycles. The van der Waals surface area contributed by atoms with Crippen LogP contribution in [0.2, 0.25) is 0 Å². The van der Waals surface area contributed by atoms with Crippen LogP contribution in [0.5, 0.6) is 0 Å². The predicted octanol–water partition coefficient (Wildman–Crippen LogP) is 1.94. The van der Waals surface area contributed by atoms with Gasteiger partial charge in [-0.15, -0.1) is 0 Å². The van der Waals surface area contributed by atoms with E-state index in [4.69, 9.17) is 4.52 Å². The standard InChI is InChI=1S/C13H23N3O3S/c1-3-5-10-20(17,18)16-8-6-11(7-9-16)13-14-12(4-2)15-19-13/h11H,3-10H2,1-2H3. The number of nitrogens with zero attached hydrogens (tertiary/aromatic N) is 3. The molecule has 1 aromatic heterocycles. The maximum Gasteiger partial charge on any atom is 0.229 e. The number of hydrogen-bond donors (Lipinski definition) is 0. The number of piperidine rings is 1. The smallest absolute Gasteiger partial charge is 0.229 e. The van der Waals surface area contributed by atoms with Gasteiger partial charge in [0.15, 0.2) is 5.82 Å². The molecule has 1 aliphatic rings. The minimum absolute atomic E-state index is 0.195. The van der Waals surface area contributed by atoms with Crippen molar-refractivity contribution >= 4 is 10.0 Å². The number of sulfonamides is 1. The lowest BCUT2D eigenvalue weighted by molar-refractivity contribution is 0.270. The van der Waals surface area contributed by atoms with Crippen LogP contribution < -0.4 is 0 Å². The third-order valence-electron chi connectivity index (χ3n) is 3.75. The van der Waals surface area contributed by atoms with Crippen LogP contribution in [0, 0.1) is 0 Å². The summed E-state index contributed by atoms with van der Waals surface area (Å²) in [6, 6.07) is 0. The molecule has 1 aliphatic heterocycles. The van der Waals surface area contributed by atoms with Crippen LogP contribution in [0.1, 0.15) is 57.2 Å². The summed E-state index contributed by atoms with van der Waals surface area (Å²) in [5.41, 5.74) is 0. The van der Waals surface area contributed by atoms with Gasteiger partial charge in [0.05, 0.1) is 5.75 Å². The third-order valence-corrected chi connectivity index (χ3v) is 5.71. The molecule has 1 fully saturated rings. The third kappa shape index (κ3) is 3.58. The molecule has 0 bridgehead atoms. The van der Waals surface area contributed by atoms with Crippen LogP contribution in [0.15, 0.2) is 4.52 Å². The molecule has 7 heteroatoms. The molecule has 20 heavy (non-hydrogen) atoms. The lowest BCUT2D eigenvalue weighted by Gasteiger charge is -2.29. The lowest BCUT2D eigenvalue weighted by atomic mass is 9.98. The van der Waals surface area contributed by atoms with Crippen molar-refractivity contribution in [3.05, 3.63) is 11.7 Å². The Morgan fingerprint density at radius 3 is 2.55 bits per heavy atom. The van der Waals surface area contributed by atoms with E-state index in [1.54, 1.807) is 4.31 Å². The first kappa shape index (κ1) is 15.4. The van der Waals surface area contributed by atoms with Crippen LogP contribution in [-0.4, -0.2) is 41.7 Å². The molecule has 0 aliphatic carbocycles. The Bertz CT molecular complexity index is 519. The van der Waals surface area contributed by atoms with Crippen molar-refractivity contribution in [3.63, 3.8) is 0 Å². The Morgan fingerprint density at radius 2 is 2.00 bits per heavy atom. The van der Waals surface area contributed by atoms with Crippen molar-refractivity contribution in [1.29, 1.82) is 0 Å². The Hall–Kier alpha value is -0.950. The normalized spacial score (nSPS) is 18.5. The van der Waals surface area contributed by atoms with Gasteiger partial charge in [-0.25, -0.2) is 12.7 Å². The minimum atomic E-state index is -3.08. The van der Waals surface area contributed by atoms with Crippen LogP contribution in [0.3, 0.4) is 0 Å². The molecule has 2 rings (SSSR count). The molecule has 1 saturated heterocycles. The van der Waals surface area contributed by atoms with Gasteiger partial charge < -0.3 is 4.52 Å². The number of aryl methyl sites for hydroxylation is 1. The number of unbranched alkanes of at least 4 members (excludes halogenated alkanes) is 1. The summed E-state index contributed by atoms with van der Waals surface area (Å²) in [5.74, 6) is 1.83. The van der Waals surface area contributed by atoms with Gasteiger partial charge in [-0.1, -0.05) is 25.4 Å². The summed E-state index contributed by atoms with van der Waals surface area (Å²) in [4.78, 5) is 4.34. The molecule has 0 spiro atoms. The molecule has 0 amide bonds. The second kappa shape index (κ2) is 6.67. The first-order valence-electron chi connectivity index (χ1n) is 7.37. The van der Waals surface area contributed by atoms with E-state index in [9.17, 15) is 8.42 Å². The van der Waals surface area contributed by atoms with Gasteiger partial charge in [-0.3, -0.25) is 0 Å². The summed E-state index contributed by atoms with van der Waals surface area (Å²) >= 11 is 0. The molecule has 0 aromatic carbocycles. The summed E-state index contributed by atoms with van der Waals surface area (Å²) in [5, 5.41) is 3.90. The molecule has 0 saturated carbocycles. The fourth-order valence-corrected chi connectivity index (χ4v) is 4.09. The lowest BCUT2D eigenvalue weighted by Crippen LogP contribution is -2.39. The summed E-state index contributed by atoms with van der Waals surface area (Å²) in [6.45, 7) is 5.10. The van der Waals surface area contributed by atoms with Crippen molar-refractivity contribution in [1.82, 2.24) is 14.4 Å². The monoisotopic (exact) mass is 301 g/mol. The van der Waals surface area contributed by atoms with E-state index in [1.165, 1.54) is 0 Å². The van der Waals surface area contributed by atoms with Gasteiger partial charge in [0.2, 0.25) is 15.9 Å². The molecule has 0 atom stereocenters. The molecule has 0 radical (unpaired) electrons. The van der Waals surface area contributed by atoms with Crippen molar-refractivity contribution in [2.45, 2.75) is 51.9 Å². The predicted molar refractivity (Wildman–Crippen MR) is 75.9 cm³/mol. The van der Waals surface area contributed by atoms with Gasteiger partial charge in [-0.05, 0) is 19.3 Å². The van der Waals surface area contributed by atoms with Crippen LogP contribution >= 0.6 is 0 Å². The Kier molecular flexibility index (Phi) is 5.15. The van der Waals surface area contributed by atoms with Crippen molar-refractivity contribution < 1.29 is 12.9 Å². The van der Waals surface area contributed by atoms with E-state index in [2.05, 4.69) is 10.1 Å². The zero-order valence-electron chi connectivity index (χ0n) is 12.2. The Morgan fingerprint density at radius 1 is 1.30 bits per heavy atom. The number of aromatic nitrogens is 2. The van der Waals surface area contributed by atoms with E-state index >= 15 is 0 Å². The van der Waals surface area contributed by atoms with Crippen molar-refractivity contribution in [2.24, 2.45) is 0 Å². The van der Waals surface area contributed by atoms with Crippen molar-refractivity contribution in [2.75, 3.05) is 18.8 Å². The summed E-state index contributed by atoms with van der Waals surface area (Å²) in [7, 11) is -3.08. The molecular weight excluding hydrogens is 278 g/mol. The fourth-order valence-electron chi connectivity index (χ4n) is 2.41. The maximum absolute atomic E-state index is 12.1. The van der Waals surface area contributed by atoms with Gasteiger partial charge in [-0.2, -0.15) is 4.98 Å². The Balaban J connectivity index is 1.92. The van der Waals surface area contributed by atoms with E-state index in [0.29, 0.717) is 19.0 Å². The SMILES string of the molecule is CCCCS(=O)(=O)N1CCC(c2nc(CC)no2)CC1. The van der Waals surface area contributed by atoms with Gasteiger partial charge in [0.25, 0.3) is 0 Å². The minimum Gasteiger partial charge on any atom is -0.339 e. The van der Waals surface area contributed by atoms with Gasteiger partial charge in [0.1, 0.15) is 0 Å². The van der Waals surface area contributed by atoms with Crippen LogP contribution in [-0.2, 0) is 16.4 Å². The summed E-state index contributed by atoms with van der Waals surface area (Å²) < 4.78 is 31.1. The van der Waals surface area contributed by atoms with Crippen LogP contribution in [0.25, 0.3) is 0 Å². The first-order valence-corrected chi connectivity index (χ1v) is 8.98. The topological polar surface area (TPSA) is 76.3 Å². The van der Waals surface area contributed by atoms with Crippen molar-refractivity contribution in [3.8, 4) is 0 Å². The highest BCUT2D eigenvalue weighted by Crippen LogP contribution is 2.28. The number of hydrogen-bond acceptors (Lipinski definition) is 5. The highest BCUT2D eigenvalue weighted by Gasteiger charge is 2.30. The largest absolute Gasteiger partial charge is 0.339 e. The highest BCUT2D eigenvalue weighted by atomic mass is 32.2. The second-order valence-corrected chi connectivity index (χ2v) is 7.33. The second-order valence-electron chi connectivity index (χ2n) is 5.25. The van der Waals surface area contributed by atoms with Crippen LogP contribution in [0.4, 0.5) is 0 Å².